The maximum Gasteiger partial charge on any atom is 0.313 e. The van der Waals surface area contributed by atoms with Crippen molar-refractivity contribution in [3.63, 3.8) is 0 Å². The molecule has 2 N–H and O–H groups in total. The Hall–Kier alpha value is -3.80. The van der Waals surface area contributed by atoms with Crippen LogP contribution in [-0.2, 0) is 28.7 Å². The number of carbonyl (C=O) groups excluding carboxylic acids is 4. The van der Waals surface area contributed by atoms with Crippen LogP contribution in [0.1, 0.15) is 54.9 Å². The van der Waals surface area contributed by atoms with Gasteiger partial charge in [0.05, 0.1) is 24.5 Å². The average Bonchev–Trinajstić information content (AvgIpc) is 3.69. The van der Waals surface area contributed by atoms with Gasteiger partial charge in [-0.1, -0.05) is 70.5 Å². The monoisotopic (exact) mass is 735 g/mol. The number of likely N-dealkylation sites (tertiary alicyclic amines) is 1. The molecule has 3 saturated heterocycles. The number of benzene rings is 2. The highest BCUT2D eigenvalue weighted by atomic mass is 79.9. The molecule has 3 amide bonds. The number of unbranched alkanes of at least 4 members (excludes halogenated alkanes) is 1. The molecule has 11 heteroatoms. The van der Waals surface area contributed by atoms with Crippen LogP contribution in [0.3, 0.4) is 0 Å². The predicted molar refractivity (Wildman–Crippen MR) is 190 cm³/mol. The van der Waals surface area contributed by atoms with Crippen LogP contribution >= 0.6 is 15.9 Å². The van der Waals surface area contributed by atoms with E-state index in [1.54, 1.807) is 22.0 Å². The van der Waals surface area contributed by atoms with E-state index in [2.05, 4.69) is 34.4 Å². The molecule has 0 saturated carbocycles. The Morgan fingerprint density at radius 2 is 1.92 bits per heavy atom. The maximum absolute atomic E-state index is 14.9. The lowest BCUT2D eigenvalue weighted by Crippen LogP contribution is -2.57. The fraction of sp³-hybridized carbons (Fsp3) is 0.474. The standard InChI is InChI=1S/C38H46BrN3O7/c1-5-7-15-30(44)40-23-29(26-13-9-8-10-14-26)48-37(47)31-32-35(45)42(19-11-12-20-43)34(38(32)22-27(39)33(31)49-38)36(46)41(18-6-2)28-21-24(3)16-17-25(28)4/h5-6,8-10,13-14,16-17,21,27,29,31-34,43H,1-2,7,11-12,15,18-20,22-23H2,3-4H3,(H,40,44)/t27?,29-,31-,32+,33-,34-,38+/m0/s1. The van der Waals surface area contributed by atoms with E-state index >= 15 is 0 Å². The van der Waals surface area contributed by atoms with Crippen LogP contribution in [0.5, 0.6) is 0 Å². The predicted octanol–water partition coefficient (Wildman–Crippen LogP) is 4.71. The molecule has 10 nitrogen and oxygen atoms in total. The van der Waals surface area contributed by atoms with Crippen LogP contribution in [0.2, 0.25) is 0 Å². The molecule has 0 aromatic heterocycles. The van der Waals surface area contributed by atoms with Gasteiger partial charge in [-0.2, -0.15) is 0 Å². The maximum atomic E-state index is 14.9. The van der Waals surface area contributed by atoms with Crippen LogP contribution in [0.25, 0.3) is 0 Å². The second-order valence-corrected chi connectivity index (χ2v) is 14.3. The number of esters is 1. The van der Waals surface area contributed by atoms with Crippen molar-refractivity contribution in [3.05, 3.63) is 90.5 Å². The van der Waals surface area contributed by atoms with Gasteiger partial charge in [0.25, 0.3) is 5.91 Å². The molecule has 1 unspecified atom stereocenters. The number of nitrogens with one attached hydrogen (secondary N) is 1. The summed E-state index contributed by atoms with van der Waals surface area (Å²) in [5.41, 5.74) is 2.00. The summed E-state index contributed by atoms with van der Waals surface area (Å²) >= 11 is 3.73. The van der Waals surface area contributed by atoms with Gasteiger partial charge in [-0.15, -0.1) is 13.2 Å². The zero-order valence-corrected chi connectivity index (χ0v) is 29.8. The van der Waals surface area contributed by atoms with Gasteiger partial charge >= 0.3 is 5.97 Å². The summed E-state index contributed by atoms with van der Waals surface area (Å²) in [6, 6.07) is 14.0. The van der Waals surface area contributed by atoms with Crippen molar-refractivity contribution in [3.8, 4) is 0 Å². The van der Waals surface area contributed by atoms with Gasteiger partial charge in [0.15, 0.2) is 0 Å². The molecular weight excluding hydrogens is 690 g/mol. The van der Waals surface area contributed by atoms with Gasteiger partial charge in [-0.05, 0) is 62.3 Å². The van der Waals surface area contributed by atoms with Gasteiger partial charge in [-0.3, -0.25) is 19.2 Å². The SMILES string of the molecule is C=CCCC(=O)NC[C@H](OC(=O)[C@@H]1[C@H]2O[C@@]3(CC2Br)[C@H](C(=O)N(CC=C)c2cc(C)ccc2C)N(CCCCO)C(=O)[C@@H]13)c1ccccc1. The van der Waals surface area contributed by atoms with Crippen LogP contribution in [-0.4, -0.2) is 82.5 Å². The summed E-state index contributed by atoms with van der Waals surface area (Å²) in [6.07, 6.45) is 3.84. The lowest BCUT2D eigenvalue weighted by molar-refractivity contribution is -0.160. The summed E-state index contributed by atoms with van der Waals surface area (Å²) in [5, 5.41) is 12.4. The number of rotatable bonds is 16. The van der Waals surface area contributed by atoms with Crippen molar-refractivity contribution in [1.29, 1.82) is 0 Å². The van der Waals surface area contributed by atoms with E-state index in [0.29, 0.717) is 36.9 Å². The fourth-order valence-electron chi connectivity index (χ4n) is 7.55. The Kier molecular flexibility index (Phi) is 11.8. The number of carbonyl (C=O) groups is 4. The second kappa shape index (κ2) is 15.8. The van der Waals surface area contributed by atoms with Crippen LogP contribution < -0.4 is 10.2 Å². The van der Waals surface area contributed by atoms with Gasteiger partial charge in [0.1, 0.15) is 17.7 Å². The Bertz CT molecular complexity index is 1570. The first-order chi connectivity index (χ1) is 23.6. The molecule has 2 bridgehead atoms. The number of fused-ring (bicyclic) bond motifs is 1. The first-order valence-corrected chi connectivity index (χ1v) is 17.8. The van der Waals surface area contributed by atoms with Crippen LogP contribution in [0.15, 0.2) is 73.8 Å². The summed E-state index contributed by atoms with van der Waals surface area (Å²) in [7, 11) is 0. The van der Waals surface area contributed by atoms with Gasteiger partial charge in [0, 0.05) is 36.6 Å². The van der Waals surface area contributed by atoms with Crippen molar-refractivity contribution in [2.75, 3.05) is 31.1 Å². The van der Waals surface area contributed by atoms with E-state index in [0.717, 1.165) is 11.1 Å². The number of hydrogen-bond acceptors (Lipinski definition) is 7. The number of nitrogens with zero attached hydrogens (tertiary/aromatic N) is 2. The lowest BCUT2D eigenvalue weighted by Gasteiger charge is -2.37. The highest BCUT2D eigenvalue weighted by Gasteiger charge is 2.77. The van der Waals surface area contributed by atoms with E-state index < -0.39 is 41.7 Å². The molecule has 3 heterocycles. The zero-order chi connectivity index (χ0) is 35.3. The molecule has 0 aliphatic carbocycles. The molecule has 5 rings (SSSR count). The average molecular weight is 737 g/mol. The third-order valence-corrected chi connectivity index (χ3v) is 10.7. The molecule has 7 atom stereocenters. The Morgan fingerprint density at radius 3 is 2.61 bits per heavy atom. The fourth-order valence-corrected chi connectivity index (χ4v) is 8.49. The third-order valence-electron chi connectivity index (χ3n) is 9.83. The van der Waals surface area contributed by atoms with Crippen molar-refractivity contribution >= 4 is 45.3 Å². The number of halogens is 1. The molecule has 3 aliphatic heterocycles. The van der Waals surface area contributed by atoms with Crippen molar-refractivity contribution in [1.82, 2.24) is 10.2 Å². The van der Waals surface area contributed by atoms with Gasteiger partial charge < -0.3 is 29.7 Å². The third kappa shape index (κ3) is 7.25. The van der Waals surface area contributed by atoms with Crippen molar-refractivity contribution < 1.29 is 33.8 Å². The largest absolute Gasteiger partial charge is 0.455 e. The van der Waals surface area contributed by atoms with Crippen molar-refractivity contribution in [2.45, 2.75) is 74.6 Å². The number of alkyl halides is 1. The van der Waals surface area contributed by atoms with Gasteiger partial charge in [-0.25, -0.2) is 0 Å². The molecule has 1 spiro atoms. The van der Waals surface area contributed by atoms with E-state index in [4.69, 9.17) is 9.47 Å². The summed E-state index contributed by atoms with van der Waals surface area (Å²) < 4.78 is 12.9. The second-order valence-electron chi connectivity index (χ2n) is 13.1. The summed E-state index contributed by atoms with van der Waals surface area (Å²) in [4.78, 5) is 59.0. The molecule has 2 aromatic carbocycles. The number of aryl methyl sites for hydroxylation is 2. The minimum atomic E-state index is -1.28. The van der Waals surface area contributed by atoms with E-state index in [1.165, 1.54) is 0 Å². The van der Waals surface area contributed by atoms with E-state index in [1.807, 2.05) is 62.4 Å². The number of anilines is 1. The van der Waals surface area contributed by atoms with Crippen LogP contribution in [0, 0.1) is 25.7 Å². The number of allylic oxidation sites excluding steroid dienone is 1. The number of aliphatic hydroxyl groups is 1. The van der Waals surface area contributed by atoms with E-state index in [-0.39, 0.29) is 55.2 Å². The molecule has 262 valence electrons. The minimum absolute atomic E-state index is 0.0478. The summed E-state index contributed by atoms with van der Waals surface area (Å²) in [5.74, 6) is -3.41. The first-order valence-electron chi connectivity index (χ1n) is 16.9. The Labute approximate surface area is 296 Å². The number of aliphatic hydroxyl groups excluding tert-OH is 1. The van der Waals surface area contributed by atoms with Gasteiger partial charge in [0.2, 0.25) is 11.8 Å². The number of hydrogen-bond donors (Lipinski definition) is 2. The Balaban J connectivity index is 1.49. The molecule has 0 radical (unpaired) electrons. The number of ether oxygens (including phenoxy) is 2. The summed E-state index contributed by atoms with van der Waals surface area (Å²) in [6.45, 7) is 11.9. The molecule has 3 fully saturated rings. The lowest BCUT2D eigenvalue weighted by atomic mass is 9.70. The normalized spacial score (nSPS) is 25.8. The minimum Gasteiger partial charge on any atom is -0.455 e. The molecule has 3 aliphatic rings. The highest BCUT2D eigenvalue weighted by Crippen LogP contribution is 2.60. The molecular formula is C38H46BrN3O7. The Morgan fingerprint density at radius 1 is 1.16 bits per heavy atom. The topological polar surface area (TPSA) is 125 Å². The first kappa shape index (κ1) is 36.5. The molecule has 2 aromatic rings. The van der Waals surface area contributed by atoms with E-state index in [9.17, 15) is 24.3 Å². The quantitative estimate of drug-likeness (QED) is 0.111. The molecule has 49 heavy (non-hydrogen) atoms. The van der Waals surface area contributed by atoms with Crippen molar-refractivity contribution in [2.24, 2.45) is 11.8 Å². The highest BCUT2D eigenvalue weighted by molar-refractivity contribution is 9.09. The zero-order valence-electron chi connectivity index (χ0n) is 28.2. The van der Waals surface area contributed by atoms with Crippen LogP contribution in [0.4, 0.5) is 5.69 Å². The number of amides is 3. The smallest absolute Gasteiger partial charge is 0.313 e.